The van der Waals surface area contributed by atoms with Crippen LogP contribution in [-0.4, -0.2) is 50.7 Å². The van der Waals surface area contributed by atoms with Gasteiger partial charge in [-0.25, -0.2) is 8.42 Å². The fraction of sp³-hybridized carbons (Fsp3) is 0.609. The smallest absolute Gasteiger partial charge is 0.243 e. The van der Waals surface area contributed by atoms with Crippen LogP contribution in [0.3, 0.4) is 0 Å². The highest BCUT2D eigenvalue weighted by Gasteiger charge is 2.63. The van der Waals surface area contributed by atoms with Crippen molar-refractivity contribution in [2.45, 2.75) is 51.3 Å². The van der Waals surface area contributed by atoms with E-state index in [1.54, 1.807) is 21.3 Å². The quantitative estimate of drug-likeness (QED) is 0.705. The van der Waals surface area contributed by atoms with Gasteiger partial charge in [0, 0.05) is 32.6 Å². The third-order valence-corrected chi connectivity index (χ3v) is 9.39. The van der Waals surface area contributed by atoms with Crippen LogP contribution in [0.5, 0.6) is 0 Å². The van der Waals surface area contributed by atoms with Gasteiger partial charge in [-0.2, -0.15) is 4.31 Å². The Morgan fingerprint density at radius 3 is 2.31 bits per heavy atom. The molecule has 5 nitrogen and oxygen atoms in total. The molecule has 2 aliphatic carbocycles. The summed E-state index contributed by atoms with van der Waals surface area (Å²) in [5.41, 5.74) is 3.24. The first-order valence-corrected chi connectivity index (χ1v) is 12.0. The average Bonchev–Trinajstić information content (AvgIpc) is 3.30. The second-order valence-electron chi connectivity index (χ2n) is 9.59. The molecule has 2 atom stereocenters. The van der Waals surface area contributed by atoms with Gasteiger partial charge in [-0.05, 0) is 62.7 Å². The van der Waals surface area contributed by atoms with E-state index < -0.39 is 10.0 Å². The number of nitrogens with zero attached hydrogens (tertiary/aromatic N) is 2. The Morgan fingerprint density at radius 1 is 1.17 bits per heavy atom. The van der Waals surface area contributed by atoms with Gasteiger partial charge < -0.3 is 4.90 Å². The Kier molecular flexibility index (Phi) is 4.74. The summed E-state index contributed by atoms with van der Waals surface area (Å²) in [4.78, 5) is 15.1. The molecule has 1 aromatic rings. The van der Waals surface area contributed by atoms with Crippen LogP contribution in [0, 0.1) is 23.7 Å². The number of amides is 1. The molecular weight excluding hydrogens is 384 g/mol. The first-order chi connectivity index (χ1) is 13.6. The number of sulfonamides is 1. The van der Waals surface area contributed by atoms with Crippen molar-refractivity contribution in [3.63, 3.8) is 0 Å². The number of hydrogen-bond donors (Lipinski definition) is 0. The van der Waals surface area contributed by atoms with Gasteiger partial charge in [0.15, 0.2) is 0 Å². The van der Waals surface area contributed by atoms with Gasteiger partial charge >= 0.3 is 0 Å². The van der Waals surface area contributed by atoms with E-state index in [-0.39, 0.29) is 22.7 Å². The largest absolute Gasteiger partial charge is 0.348 e. The lowest BCUT2D eigenvalue weighted by Gasteiger charge is -2.44. The van der Waals surface area contributed by atoms with E-state index in [0.717, 1.165) is 36.8 Å². The molecule has 158 valence electrons. The molecular formula is C23H32N2O3S. The molecule has 0 N–H and O–H groups in total. The zero-order valence-corrected chi connectivity index (χ0v) is 19.0. The molecule has 1 aliphatic heterocycles. The SMILES string of the molecule is CC[C@@]12CN(S(=O)(=O)c3ccc(C)cc3)CC1=C(C)[C@H](C(=O)N(C)C)C1(CC1)C2. The summed E-state index contributed by atoms with van der Waals surface area (Å²) in [5, 5.41) is 0. The topological polar surface area (TPSA) is 57.7 Å². The third-order valence-electron chi connectivity index (χ3n) is 7.58. The van der Waals surface area contributed by atoms with Crippen LogP contribution < -0.4 is 0 Å². The highest BCUT2D eigenvalue weighted by molar-refractivity contribution is 7.89. The highest BCUT2D eigenvalue weighted by Crippen LogP contribution is 2.67. The van der Waals surface area contributed by atoms with Crippen molar-refractivity contribution < 1.29 is 13.2 Å². The Morgan fingerprint density at radius 2 is 1.79 bits per heavy atom. The summed E-state index contributed by atoms with van der Waals surface area (Å²) in [6.45, 7) is 7.13. The van der Waals surface area contributed by atoms with E-state index >= 15 is 0 Å². The molecule has 1 amide bonds. The lowest BCUT2D eigenvalue weighted by molar-refractivity contribution is -0.134. The predicted molar refractivity (Wildman–Crippen MR) is 114 cm³/mol. The van der Waals surface area contributed by atoms with Gasteiger partial charge in [0.1, 0.15) is 0 Å². The summed E-state index contributed by atoms with van der Waals surface area (Å²) < 4.78 is 28.4. The van der Waals surface area contributed by atoms with Crippen molar-refractivity contribution in [3.05, 3.63) is 41.0 Å². The van der Waals surface area contributed by atoms with Gasteiger partial charge in [-0.15, -0.1) is 0 Å². The normalized spacial score (nSPS) is 28.5. The minimum Gasteiger partial charge on any atom is -0.348 e. The van der Waals surface area contributed by atoms with Crippen molar-refractivity contribution >= 4 is 15.9 Å². The van der Waals surface area contributed by atoms with Crippen molar-refractivity contribution in [1.82, 2.24) is 9.21 Å². The number of rotatable bonds is 4. The van der Waals surface area contributed by atoms with E-state index in [1.807, 2.05) is 33.2 Å². The van der Waals surface area contributed by atoms with Crippen molar-refractivity contribution in [3.8, 4) is 0 Å². The summed E-state index contributed by atoms with van der Waals surface area (Å²) in [6.07, 6.45) is 3.96. The monoisotopic (exact) mass is 416 g/mol. The highest BCUT2D eigenvalue weighted by atomic mass is 32.2. The molecule has 6 heteroatoms. The second kappa shape index (κ2) is 6.67. The molecule has 29 heavy (non-hydrogen) atoms. The van der Waals surface area contributed by atoms with Crippen LogP contribution in [0.1, 0.15) is 45.1 Å². The standard InChI is InChI=1S/C23H32N2O3S/c1-6-22-14-23(11-12-23)20(21(26)24(4)5)17(3)19(22)13-25(15-22)29(27,28)18-9-7-16(2)8-10-18/h7-10,20H,6,11-15H2,1-5H3/t20-,22-/m1/s1. The summed E-state index contributed by atoms with van der Waals surface area (Å²) in [5.74, 6) is 0.0613. The number of carbonyl (C=O) groups excluding carboxylic acids is 1. The van der Waals surface area contributed by atoms with Crippen LogP contribution in [0.15, 0.2) is 40.3 Å². The summed E-state index contributed by atoms with van der Waals surface area (Å²) >= 11 is 0. The van der Waals surface area contributed by atoms with Gasteiger partial charge in [0.2, 0.25) is 15.9 Å². The number of carbonyl (C=O) groups is 1. The Bertz CT molecular complexity index is 974. The maximum atomic E-state index is 13.4. The lowest BCUT2D eigenvalue weighted by atomic mass is 9.60. The summed E-state index contributed by atoms with van der Waals surface area (Å²) in [6, 6.07) is 7.10. The fourth-order valence-electron chi connectivity index (χ4n) is 5.76. The lowest BCUT2D eigenvalue weighted by Crippen LogP contribution is -2.44. The van der Waals surface area contributed by atoms with E-state index in [4.69, 9.17) is 0 Å². The molecule has 0 radical (unpaired) electrons. The van der Waals surface area contributed by atoms with Crippen LogP contribution in [0.2, 0.25) is 0 Å². The third kappa shape index (κ3) is 3.07. The van der Waals surface area contributed by atoms with Crippen LogP contribution in [-0.2, 0) is 14.8 Å². The molecule has 2 fully saturated rings. The molecule has 4 rings (SSSR count). The van der Waals surface area contributed by atoms with E-state index in [9.17, 15) is 13.2 Å². The maximum absolute atomic E-state index is 13.4. The molecule has 0 aromatic heterocycles. The van der Waals surface area contributed by atoms with Crippen LogP contribution in [0.25, 0.3) is 0 Å². The van der Waals surface area contributed by atoms with E-state index in [1.165, 1.54) is 5.57 Å². The number of hydrogen-bond acceptors (Lipinski definition) is 3. The van der Waals surface area contributed by atoms with Crippen molar-refractivity contribution in [2.75, 3.05) is 27.2 Å². The van der Waals surface area contributed by atoms with Gasteiger partial charge in [0.05, 0.1) is 10.8 Å². The zero-order chi connectivity index (χ0) is 21.2. The number of fused-ring (bicyclic) bond motifs is 1. The number of aryl methyl sites for hydroxylation is 1. The van der Waals surface area contributed by atoms with Crippen molar-refractivity contribution in [2.24, 2.45) is 16.7 Å². The fourth-order valence-corrected chi connectivity index (χ4v) is 7.25. The molecule has 0 bridgehead atoms. The molecule has 3 aliphatic rings. The molecule has 1 aromatic carbocycles. The summed E-state index contributed by atoms with van der Waals surface area (Å²) in [7, 11) is 0.0881. The van der Waals surface area contributed by atoms with Crippen LogP contribution in [0.4, 0.5) is 0 Å². The minimum atomic E-state index is -3.55. The Balaban J connectivity index is 1.76. The molecule has 1 spiro atoms. The molecule has 1 heterocycles. The van der Waals surface area contributed by atoms with E-state index in [2.05, 4.69) is 13.8 Å². The second-order valence-corrected chi connectivity index (χ2v) is 11.5. The first kappa shape index (κ1) is 20.6. The van der Waals surface area contributed by atoms with Gasteiger partial charge in [-0.3, -0.25) is 4.79 Å². The molecule has 1 saturated heterocycles. The molecule has 1 saturated carbocycles. The minimum absolute atomic E-state index is 0.0224. The zero-order valence-electron chi connectivity index (χ0n) is 18.2. The Labute approximate surface area is 174 Å². The maximum Gasteiger partial charge on any atom is 0.243 e. The van der Waals surface area contributed by atoms with Crippen molar-refractivity contribution in [1.29, 1.82) is 0 Å². The van der Waals surface area contributed by atoms with Crippen LogP contribution >= 0.6 is 0 Å². The van der Waals surface area contributed by atoms with E-state index in [0.29, 0.717) is 18.0 Å². The first-order valence-electron chi connectivity index (χ1n) is 10.5. The average molecular weight is 417 g/mol. The Hall–Kier alpha value is -1.66. The van der Waals surface area contributed by atoms with Gasteiger partial charge in [-0.1, -0.05) is 30.2 Å². The number of benzene rings is 1. The predicted octanol–water partition coefficient (Wildman–Crippen LogP) is 3.60. The van der Waals surface area contributed by atoms with Gasteiger partial charge in [0.25, 0.3) is 0 Å². The molecule has 0 unspecified atom stereocenters.